The summed E-state index contributed by atoms with van der Waals surface area (Å²) in [6, 6.07) is 0.0827. The molecule has 0 aromatic rings. The molecule has 4 unspecified atom stereocenters. The minimum absolute atomic E-state index is 0.0827. The molecule has 0 saturated heterocycles. The molecule has 1 N–H and O–H groups in total. The van der Waals surface area contributed by atoms with Gasteiger partial charge in [0.05, 0.1) is 6.04 Å². The van der Waals surface area contributed by atoms with E-state index in [0.717, 1.165) is 30.7 Å². The number of carbonyl (C=O) groups excluding carboxylic acids is 1. The van der Waals surface area contributed by atoms with Gasteiger partial charge in [-0.05, 0) is 50.0 Å². The Morgan fingerprint density at radius 1 is 1.28 bits per heavy atom. The second-order valence-electron chi connectivity index (χ2n) is 7.40. The van der Waals surface area contributed by atoms with Gasteiger partial charge in [-0.3, -0.25) is 4.79 Å². The number of fused-ring (bicyclic) bond motifs is 2. The van der Waals surface area contributed by atoms with Gasteiger partial charge < -0.3 is 5.32 Å². The van der Waals surface area contributed by atoms with Crippen molar-refractivity contribution in [2.45, 2.75) is 65.8 Å². The molecule has 4 atom stereocenters. The molecule has 104 valence electrons. The van der Waals surface area contributed by atoms with Crippen LogP contribution >= 0.6 is 0 Å². The van der Waals surface area contributed by atoms with Crippen LogP contribution in [0.25, 0.3) is 0 Å². The van der Waals surface area contributed by atoms with Gasteiger partial charge in [-0.25, -0.2) is 0 Å². The average molecular weight is 251 g/mol. The molecule has 2 saturated carbocycles. The van der Waals surface area contributed by atoms with Crippen molar-refractivity contribution in [3.8, 4) is 0 Å². The Morgan fingerprint density at radius 2 is 2.00 bits per heavy atom. The normalized spacial score (nSPS) is 32.8. The van der Waals surface area contributed by atoms with E-state index in [1.54, 1.807) is 0 Å². The van der Waals surface area contributed by atoms with Crippen LogP contribution in [0, 0.1) is 23.2 Å². The number of likely N-dealkylation sites (N-methyl/N-ethyl adjacent to an activating group) is 1. The average Bonchev–Trinajstić information content (AvgIpc) is 2.88. The minimum Gasteiger partial charge on any atom is -0.308 e. The molecule has 2 bridgehead atoms. The van der Waals surface area contributed by atoms with E-state index in [0.29, 0.717) is 5.78 Å². The van der Waals surface area contributed by atoms with Gasteiger partial charge in [-0.15, -0.1) is 0 Å². The highest BCUT2D eigenvalue weighted by Gasteiger charge is 2.41. The summed E-state index contributed by atoms with van der Waals surface area (Å²) in [5.74, 6) is 3.10. The second-order valence-corrected chi connectivity index (χ2v) is 7.40. The van der Waals surface area contributed by atoms with Crippen molar-refractivity contribution in [1.29, 1.82) is 0 Å². The zero-order valence-corrected chi connectivity index (χ0v) is 12.5. The van der Waals surface area contributed by atoms with E-state index in [1.165, 1.54) is 25.7 Å². The molecular weight excluding hydrogens is 222 g/mol. The van der Waals surface area contributed by atoms with Gasteiger partial charge in [-0.1, -0.05) is 34.1 Å². The molecule has 2 rings (SSSR count). The fourth-order valence-electron chi connectivity index (χ4n) is 4.02. The van der Waals surface area contributed by atoms with E-state index in [-0.39, 0.29) is 11.5 Å². The third-order valence-corrected chi connectivity index (χ3v) is 4.93. The van der Waals surface area contributed by atoms with E-state index in [4.69, 9.17) is 0 Å². The van der Waals surface area contributed by atoms with Crippen molar-refractivity contribution < 1.29 is 4.79 Å². The van der Waals surface area contributed by atoms with Crippen LogP contribution in [-0.4, -0.2) is 18.4 Å². The predicted molar refractivity (Wildman–Crippen MR) is 75.5 cm³/mol. The topological polar surface area (TPSA) is 29.1 Å². The number of rotatable bonds is 5. The van der Waals surface area contributed by atoms with E-state index >= 15 is 0 Å². The molecule has 0 aliphatic heterocycles. The molecule has 2 fully saturated rings. The lowest BCUT2D eigenvalue weighted by Crippen LogP contribution is -2.44. The lowest BCUT2D eigenvalue weighted by atomic mass is 9.79. The monoisotopic (exact) mass is 251 g/mol. The molecule has 0 heterocycles. The van der Waals surface area contributed by atoms with E-state index < -0.39 is 0 Å². The standard InChI is InChI=1S/C16H29NO/c1-5-17-14(15(18)16(2,3)4)10-13-9-11-6-7-12(13)8-11/h11-14,17H,5-10H2,1-4H3. The van der Waals surface area contributed by atoms with E-state index in [2.05, 4.69) is 12.2 Å². The van der Waals surface area contributed by atoms with Crippen molar-refractivity contribution in [3.05, 3.63) is 0 Å². The first-order valence-electron chi connectivity index (χ1n) is 7.69. The van der Waals surface area contributed by atoms with Crippen LogP contribution in [0.1, 0.15) is 59.8 Å². The van der Waals surface area contributed by atoms with Crippen LogP contribution in [0.2, 0.25) is 0 Å². The summed E-state index contributed by atoms with van der Waals surface area (Å²) < 4.78 is 0. The van der Waals surface area contributed by atoms with E-state index in [1.807, 2.05) is 20.8 Å². The molecule has 0 spiro atoms. The Labute approximate surface area is 112 Å². The largest absolute Gasteiger partial charge is 0.308 e. The number of nitrogens with one attached hydrogen (secondary N) is 1. The third-order valence-electron chi connectivity index (χ3n) is 4.93. The van der Waals surface area contributed by atoms with Crippen molar-refractivity contribution in [3.63, 3.8) is 0 Å². The van der Waals surface area contributed by atoms with Crippen molar-refractivity contribution in [2.75, 3.05) is 6.54 Å². The number of hydrogen-bond acceptors (Lipinski definition) is 2. The minimum atomic E-state index is -0.218. The van der Waals surface area contributed by atoms with Gasteiger partial charge >= 0.3 is 0 Å². The van der Waals surface area contributed by atoms with Gasteiger partial charge in [0, 0.05) is 5.41 Å². The van der Waals surface area contributed by atoms with Crippen molar-refractivity contribution in [1.82, 2.24) is 5.32 Å². The van der Waals surface area contributed by atoms with Crippen LogP contribution in [0.15, 0.2) is 0 Å². The maximum atomic E-state index is 12.5. The number of ketones is 1. The highest BCUT2D eigenvalue weighted by Crippen LogP contribution is 2.50. The molecular formula is C16H29NO. The fourth-order valence-corrected chi connectivity index (χ4v) is 4.02. The smallest absolute Gasteiger partial charge is 0.155 e. The Balaban J connectivity index is 1.96. The summed E-state index contributed by atoms with van der Waals surface area (Å²) in [5, 5.41) is 3.43. The lowest BCUT2D eigenvalue weighted by Gasteiger charge is -2.30. The zero-order valence-electron chi connectivity index (χ0n) is 12.5. The fraction of sp³-hybridized carbons (Fsp3) is 0.938. The maximum absolute atomic E-state index is 12.5. The van der Waals surface area contributed by atoms with Gasteiger partial charge in [0.25, 0.3) is 0 Å². The van der Waals surface area contributed by atoms with Crippen LogP contribution in [0.5, 0.6) is 0 Å². The Kier molecular flexibility index (Phi) is 4.15. The first-order chi connectivity index (χ1) is 8.41. The first-order valence-corrected chi connectivity index (χ1v) is 7.69. The van der Waals surface area contributed by atoms with Gasteiger partial charge in [-0.2, -0.15) is 0 Å². The maximum Gasteiger partial charge on any atom is 0.155 e. The van der Waals surface area contributed by atoms with Crippen LogP contribution in [-0.2, 0) is 4.79 Å². The predicted octanol–water partition coefficient (Wildman–Crippen LogP) is 3.41. The summed E-state index contributed by atoms with van der Waals surface area (Å²) in [6.45, 7) is 9.12. The molecule has 2 aliphatic carbocycles. The summed E-state index contributed by atoms with van der Waals surface area (Å²) in [5.41, 5.74) is -0.218. The molecule has 0 aromatic heterocycles. The Morgan fingerprint density at radius 3 is 2.44 bits per heavy atom. The summed E-state index contributed by atoms with van der Waals surface area (Å²) >= 11 is 0. The van der Waals surface area contributed by atoms with Gasteiger partial charge in [0.1, 0.15) is 0 Å². The molecule has 0 amide bonds. The quantitative estimate of drug-likeness (QED) is 0.811. The molecule has 2 nitrogen and oxygen atoms in total. The van der Waals surface area contributed by atoms with Crippen LogP contribution in [0.4, 0.5) is 0 Å². The summed E-state index contributed by atoms with van der Waals surface area (Å²) in [4.78, 5) is 12.5. The van der Waals surface area contributed by atoms with E-state index in [9.17, 15) is 4.79 Å². The van der Waals surface area contributed by atoms with Gasteiger partial charge in [0.2, 0.25) is 0 Å². The Bertz CT molecular complexity index is 305. The van der Waals surface area contributed by atoms with Crippen LogP contribution < -0.4 is 5.32 Å². The van der Waals surface area contributed by atoms with Gasteiger partial charge in [0.15, 0.2) is 5.78 Å². The third kappa shape index (κ3) is 2.96. The Hall–Kier alpha value is -0.370. The van der Waals surface area contributed by atoms with Crippen LogP contribution in [0.3, 0.4) is 0 Å². The molecule has 0 aromatic carbocycles. The molecule has 0 radical (unpaired) electrons. The lowest BCUT2D eigenvalue weighted by molar-refractivity contribution is -0.129. The highest BCUT2D eigenvalue weighted by molar-refractivity contribution is 5.88. The zero-order chi connectivity index (χ0) is 13.3. The van der Waals surface area contributed by atoms with Crippen molar-refractivity contribution in [2.24, 2.45) is 23.2 Å². The number of carbonyl (C=O) groups is 1. The summed E-state index contributed by atoms with van der Waals surface area (Å²) in [6.07, 6.45) is 6.75. The highest BCUT2D eigenvalue weighted by atomic mass is 16.1. The molecule has 2 heteroatoms. The summed E-state index contributed by atoms with van der Waals surface area (Å²) in [7, 11) is 0. The SMILES string of the molecule is CCNC(CC1CC2CCC1C2)C(=O)C(C)(C)C. The van der Waals surface area contributed by atoms with Crippen molar-refractivity contribution >= 4 is 5.78 Å². The molecule has 2 aliphatic rings. The first kappa shape index (κ1) is 14.0. The number of hydrogen-bond donors (Lipinski definition) is 1. The number of Topliss-reactive ketones (excluding diaryl/α,β-unsaturated/α-hetero) is 1. The molecule has 18 heavy (non-hydrogen) atoms. The second kappa shape index (κ2) is 5.32.